The van der Waals surface area contributed by atoms with Crippen LogP contribution in [0.4, 0.5) is 5.69 Å². The largest absolute Gasteiger partial charge is 0.504 e. The zero-order valence-electron chi connectivity index (χ0n) is 14.4. The maximum Gasteiger partial charge on any atom is 0.160 e. The predicted octanol–water partition coefficient (Wildman–Crippen LogP) is 4.35. The summed E-state index contributed by atoms with van der Waals surface area (Å²) in [7, 11) is 1.55. The van der Waals surface area contributed by atoms with Crippen molar-refractivity contribution in [3.05, 3.63) is 78.6 Å². The van der Waals surface area contributed by atoms with Crippen LogP contribution in [0.3, 0.4) is 0 Å². The molecule has 1 aromatic heterocycles. The Morgan fingerprint density at radius 3 is 2.81 bits per heavy atom. The SMILES string of the molecule is COc1cc(CNc2cccc(-n3cnc4ccccc43)c2)ccc1O. The summed E-state index contributed by atoms with van der Waals surface area (Å²) in [6.45, 7) is 0.630. The van der Waals surface area contributed by atoms with Crippen LogP contribution in [-0.4, -0.2) is 21.8 Å². The molecule has 0 fully saturated rings. The Morgan fingerprint density at radius 2 is 1.92 bits per heavy atom. The van der Waals surface area contributed by atoms with Crippen LogP contribution in [0.25, 0.3) is 16.7 Å². The van der Waals surface area contributed by atoms with Gasteiger partial charge in [0, 0.05) is 17.9 Å². The average Bonchev–Trinajstić information content (AvgIpc) is 3.12. The molecular formula is C21H19N3O2. The van der Waals surface area contributed by atoms with Gasteiger partial charge in [0.2, 0.25) is 0 Å². The maximum atomic E-state index is 9.69. The van der Waals surface area contributed by atoms with Crippen molar-refractivity contribution in [2.45, 2.75) is 6.54 Å². The van der Waals surface area contributed by atoms with Crippen LogP contribution in [0, 0.1) is 0 Å². The van der Waals surface area contributed by atoms with Gasteiger partial charge in [0.15, 0.2) is 11.5 Å². The molecule has 5 nitrogen and oxygen atoms in total. The highest BCUT2D eigenvalue weighted by molar-refractivity contribution is 5.77. The third-order valence-corrected chi connectivity index (χ3v) is 4.32. The molecule has 0 spiro atoms. The van der Waals surface area contributed by atoms with Crippen molar-refractivity contribution in [1.29, 1.82) is 0 Å². The fourth-order valence-electron chi connectivity index (χ4n) is 2.97. The molecule has 0 aliphatic carbocycles. The molecule has 3 aromatic carbocycles. The van der Waals surface area contributed by atoms with E-state index in [9.17, 15) is 5.11 Å². The number of hydrogen-bond acceptors (Lipinski definition) is 4. The minimum atomic E-state index is 0.144. The maximum absolute atomic E-state index is 9.69. The number of fused-ring (bicyclic) bond motifs is 1. The average molecular weight is 345 g/mol. The number of hydrogen-bond donors (Lipinski definition) is 2. The number of aromatic nitrogens is 2. The van der Waals surface area contributed by atoms with Gasteiger partial charge in [-0.15, -0.1) is 0 Å². The number of phenolic OH excluding ortho intramolecular Hbond substituents is 1. The highest BCUT2D eigenvalue weighted by Gasteiger charge is 2.06. The van der Waals surface area contributed by atoms with E-state index in [2.05, 4.69) is 33.1 Å². The Hall–Kier alpha value is -3.47. The van der Waals surface area contributed by atoms with Gasteiger partial charge in [0.05, 0.1) is 18.1 Å². The molecule has 0 atom stereocenters. The molecule has 4 rings (SSSR count). The summed E-state index contributed by atoms with van der Waals surface area (Å²) in [5, 5.41) is 13.1. The summed E-state index contributed by atoms with van der Waals surface area (Å²) in [6.07, 6.45) is 1.84. The zero-order chi connectivity index (χ0) is 17.9. The topological polar surface area (TPSA) is 59.3 Å². The Balaban J connectivity index is 1.56. The fourth-order valence-corrected chi connectivity index (χ4v) is 2.97. The first-order chi connectivity index (χ1) is 12.7. The van der Waals surface area contributed by atoms with E-state index in [-0.39, 0.29) is 5.75 Å². The predicted molar refractivity (Wildman–Crippen MR) is 103 cm³/mol. The number of rotatable bonds is 5. The number of para-hydroxylation sites is 2. The van der Waals surface area contributed by atoms with Crippen LogP contribution in [0.2, 0.25) is 0 Å². The monoisotopic (exact) mass is 345 g/mol. The second-order valence-electron chi connectivity index (χ2n) is 6.01. The smallest absolute Gasteiger partial charge is 0.160 e. The van der Waals surface area contributed by atoms with Crippen molar-refractivity contribution >= 4 is 16.7 Å². The van der Waals surface area contributed by atoms with Crippen molar-refractivity contribution in [3.8, 4) is 17.2 Å². The molecule has 1 heterocycles. The summed E-state index contributed by atoms with van der Waals surface area (Å²) in [5.41, 5.74) is 5.13. The van der Waals surface area contributed by atoms with E-state index < -0.39 is 0 Å². The quantitative estimate of drug-likeness (QED) is 0.564. The highest BCUT2D eigenvalue weighted by Crippen LogP contribution is 2.27. The second kappa shape index (κ2) is 6.80. The summed E-state index contributed by atoms with van der Waals surface area (Å²) in [4.78, 5) is 4.45. The number of benzene rings is 3. The van der Waals surface area contributed by atoms with E-state index in [1.807, 2.05) is 48.8 Å². The van der Waals surface area contributed by atoms with Gasteiger partial charge in [-0.05, 0) is 48.0 Å². The number of aromatic hydroxyl groups is 1. The van der Waals surface area contributed by atoms with Gasteiger partial charge < -0.3 is 15.2 Å². The molecule has 0 saturated heterocycles. The summed E-state index contributed by atoms with van der Waals surface area (Å²) in [5.74, 6) is 0.619. The van der Waals surface area contributed by atoms with Crippen LogP contribution in [-0.2, 0) is 6.54 Å². The first-order valence-electron chi connectivity index (χ1n) is 8.37. The lowest BCUT2D eigenvalue weighted by Crippen LogP contribution is -2.01. The number of phenols is 1. The van der Waals surface area contributed by atoms with Crippen LogP contribution in [0.5, 0.6) is 11.5 Å². The van der Waals surface area contributed by atoms with E-state index >= 15 is 0 Å². The number of anilines is 1. The van der Waals surface area contributed by atoms with Gasteiger partial charge in [-0.25, -0.2) is 4.98 Å². The van der Waals surface area contributed by atoms with E-state index in [1.54, 1.807) is 13.2 Å². The van der Waals surface area contributed by atoms with E-state index in [0.29, 0.717) is 12.3 Å². The lowest BCUT2D eigenvalue weighted by molar-refractivity contribution is 0.373. The molecule has 0 aliphatic rings. The summed E-state index contributed by atoms with van der Waals surface area (Å²) >= 11 is 0. The molecular weight excluding hydrogens is 326 g/mol. The van der Waals surface area contributed by atoms with Gasteiger partial charge in [-0.2, -0.15) is 0 Å². The van der Waals surface area contributed by atoms with E-state index in [0.717, 1.165) is 28.0 Å². The third-order valence-electron chi connectivity index (χ3n) is 4.32. The summed E-state index contributed by atoms with van der Waals surface area (Å²) in [6, 6.07) is 21.6. The van der Waals surface area contributed by atoms with Crippen molar-refractivity contribution in [2.24, 2.45) is 0 Å². The van der Waals surface area contributed by atoms with Gasteiger partial charge in [0.25, 0.3) is 0 Å². The Bertz CT molecular complexity index is 1060. The molecule has 0 saturated carbocycles. The zero-order valence-corrected chi connectivity index (χ0v) is 14.4. The lowest BCUT2D eigenvalue weighted by atomic mass is 10.2. The van der Waals surface area contributed by atoms with E-state index in [4.69, 9.17) is 4.74 Å². The standard InChI is InChI=1S/C21H19N3O2/c1-26-21-11-15(9-10-20(21)25)13-22-16-5-4-6-17(12-16)24-14-23-18-7-2-3-8-19(18)24/h2-12,14,22,25H,13H2,1H3. The molecule has 0 radical (unpaired) electrons. The Kier molecular flexibility index (Phi) is 4.19. The molecule has 5 heteroatoms. The number of nitrogens with zero attached hydrogens (tertiary/aromatic N) is 2. The lowest BCUT2D eigenvalue weighted by Gasteiger charge is -2.11. The van der Waals surface area contributed by atoms with Crippen LogP contribution in [0.15, 0.2) is 73.1 Å². The van der Waals surface area contributed by atoms with E-state index in [1.165, 1.54) is 0 Å². The third kappa shape index (κ3) is 3.07. The first kappa shape index (κ1) is 16.0. The van der Waals surface area contributed by atoms with Gasteiger partial charge >= 0.3 is 0 Å². The molecule has 130 valence electrons. The Morgan fingerprint density at radius 1 is 1.04 bits per heavy atom. The van der Waals surface area contributed by atoms with Gasteiger partial charge in [0.1, 0.15) is 6.33 Å². The Labute approximate surface area is 151 Å². The molecule has 2 N–H and O–H groups in total. The van der Waals surface area contributed by atoms with Crippen molar-refractivity contribution in [2.75, 3.05) is 12.4 Å². The normalized spacial score (nSPS) is 10.8. The van der Waals surface area contributed by atoms with Crippen LogP contribution >= 0.6 is 0 Å². The molecule has 0 amide bonds. The van der Waals surface area contributed by atoms with Crippen LogP contribution < -0.4 is 10.1 Å². The number of methoxy groups -OCH3 is 1. The van der Waals surface area contributed by atoms with Crippen LogP contribution in [0.1, 0.15) is 5.56 Å². The minimum Gasteiger partial charge on any atom is -0.504 e. The second-order valence-corrected chi connectivity index (χ2v) is 6.01. The summed E-state index contributed by atoms with van der Waals surface area (Å²) < 4.78 is 7.23. The molecule has 26 heavy (non-hydrogen) atoms. The van der Waals surface area contributed by atoms with Crippen molar-refractivity contribution in [3.63, 3.8) is 0 Å². The number of nitrogens with one attached hydrogen (secondary N) is 1. The molecule has 0 unspecified atom stereocenters. The van der Waals surface area contributed by atoms with Gasteiger partial charge in [-0.1, -0.05) is 24.3 Å². The first-order valence-corrected chi connectivity index (χ1v) is 8.37. The van der Waals surface area contributed by atoms with Crippen molar-refractivity contribution in [1.82, 2.24) is 9.55 Å². The van der Waals surface area contributed by atoms with Gasteiger partial charge in [-0.3, -0.25) is 4.57 Å². The molecule has 0 bridgehead atoms. The fraction of sp³-hybridized carbons (Fsp3) is 0.0952. The van der Waals surface area contributed by atoms with Crippen molar-refractivity contribution < 1.29 is 9.84 Å². The molecule has 0 aliphatic heterocycles. The minimum absolute atomic E-state index is 0.144. The highest BCUT2D eigenvalue weighted by atomic mass is 16.5. The number of ether oxygens (including phenoxy) is 1. The molecule has 4 aromatic rings. The number of imidazole rings is 1.